The molecule has 1 heterocycles. The lowest BCUT2D eigenvalue weighted by atomic mass is 9.91. The van der Waals surface area contributed by atoms with Crippen LogP contribution in [0.15, 0.2) is 24.3 Å². The van der Waals surface area contributed by atoms with E-state index >= 15 is 0 Å². The van der Waals surface area contributed by atoms with Gasteiger partial charge in [-0.1, -0.05) is 32.9 Å². The number of para-hydroxylation sites is 2. The van der Waals surface area contributed by atoms with Gasteiger partial charge in [-0.3, -0.25) is 4.79 Å². The molecule has 1 N–H and O–H groups in total. The number of ketones is 1. The van der Waals surface area contributed by atoms with Gasteiger partial charge < -0.3 is 22.3 Å². The van der Waals surface area contributed by atoms with Crippen molar-refractivity contribution in [3.8, 4) is 0 Å². The number of benzene rings is 1. The van der Waals surface area contributed by atoms with Crippen molar-refractivity contribution in [2.75, 3.05) is 17.7 Å². The van der Waals surface area contributed by atoms with Crippen LogP contribution in [-0.4, -0.2) is 27.8 Å². The summed E-state index contributed by atoms with van der Waals surface area (Å²) in [4.78, 5) is 16.8. The number of nitrogens with one attached hydrogen (secondary N) is 1. The van der Waals surface area contributed by atoms with Gasteiger partial charge in [0.25, 0.3) is 0 Å². The molecule has 0 spiro atoms. The van der Waals surface area contributed by atoms with E-state index in [0.717, 1.165) is 11.0 Å². The van der Waals surface area contributed by atoms with Gasteiger partial charge in [0.2, 0.25) is 5.95 Å². The number of rotatable bonds is 5. The zero-order valence-electron chi connectivity index (χ0n) is 12.5. The second-order valence-electron chi connectivity index (χ2n) is 5.80. The van der Waals surface area contributed by atoms with E-state index in [1.165, 1.54) is 0 Å². The summed E-state index contributed by atoms with van der Waals surface area (Å²) in [5.41, 5.74) is 1.48. The van der Waals surface area contributed by atoms with Gasteiger partial charge in [0.05, 0.1) is 17.6 Å². The van der Waals surface area contributed by atoms with Crippen molar-refractivity contribution in [2.45, 2.75) is 27.3 Å². The SMILES string of the molecule is CC(C)(C)C(=O)Cn1c(NCCCl)nc2ccccc21.[Cl-]. The van der Waals surface area contributed by atoms with E-state index in [-0.39, 0.29) is 23.6 Å². The highest BCUT2D eigenvalue weighted by atomic mass is 35.5. The van der Waals surface area contributed by atoms with E-state index in [0.29, 0.717) is 24.9 Å². The number of hydrogen-bond acceptors (Lipinski definition) is 3. The number of fused-ring (bicyclic) bond motifs is 1. The number of aromatic nitrogens is 2. The fraction of sp³-hybridized carbons (Fsp3) is 0.467. The van der Waals surface area contributed by atoms with Gasteiger partial charge in [-0.2, -0.15) is 0 Å². The third kappa shape index (κ3) is 4.11. The summed E-state index contributed by atoms with van der Waals surface area (Å²) >= 11 is 5.71. The topological polar surface area (TPSA) is 46.9 Å². The second-order valence-corrected chi connectivity index (χ2v) is 6.18. The van der Waals surface area contributed by atoms with Crippen molar-refractivity contribution >= 4 is 34.4 Å². The Hall–Kier alpha value is -1.26. The fourth-order valence-electron chi connectivity index (χ4n) is 1.91. The Kier molecular flexibility index (Phi) is 6.05. The Bertz CT molecular complexity index is 617. The smallest absolute Gasteiger partial charge is 0.204 e. The molecule has 0 unspecified atom stereocenters. The lowest BCUT2D eigenvalue weighted by Crippen LogP contribution is -3.00. The molecule has 21 heavy (non-hydrogen) atoms. The van der Waals surface area contributed by atoms with Gasteiger partial charge in [0, 0.05) is 17.8 Å². The zero-order chi connectivity index (χ0) is 14.8. The molecule has 0 saturated heterocycles. The molecule has 2 aromatic rings. The van der Waals surface area contributed by atoms with E-state index in [2.05, 4.69) is 10.3 Å². The summed E-state index contributed by atoms with van der Waals surface area (Å²) in [7, 11) is 0. The monoisotopic (exact) mass is 328 g/mol. The van der Waals surface area contributed by atoms with Gasteiger partial charge in [-0.15, -0.1) is 11.6 Å². The third-order valence-electron chi connectivity index (χ3n) is 3.17. The lowest BCUT2D eigenvalue weighted by molar-refractivity contribution is -0.126. The van der Waals surface area contributed by atoms with Crippen LogP contribution in [0.4, 0.5) is 5.95 Å². The Morgan fingerprint density at radius 1 is 1.33 bits per heavy atom. The number of halogens is 2. The third-order valence-corrected chi connectivity index (χ3v) is 3.36. The zero-order valence-corrected chi connectivity index (χ0v) is 14.0. The van der Waals surface area contributed by atoms with Crippen LogP contribution < -0.4 is 17.7 Å². The quantitative estimate of drug-likeness (QED) is 0.803. The maximum Gasteiger partial charge on any atom is 0.204 e. The van der Waals surface area contributed by atoms with Gasteiger partial charge in [-0.25, -0.2) is 4.98 Å². The molecule has 0 bridgehead atoms. The molecule has 0 saturated carbocycles. The highest BCUT2D eigenvalue weighted by Gasteiger charge is 2.23. The molecule has 116 valence electrons. The van der Waals surface area contributed by atoms with Crippen molar-refractivity contribution in [3.05, 3.63) is 24.3 Å². The van der Waals surface area contributed by atoms with Crippen molar-refractivity contribution in [1.82, 2.24) is 9.55 Å². The molecule has 0 radical (unpaired) electrons. The normalized spacial score (nSPS) is 11.2. The van der Waals surface area contributed by atoms with Crippen molar-refractivity contribution in [2.24, 2.45) is 5.41 Å². The summed E-state index contributed by atoms with van der Waals surface area (Å²) in [5, 5.41) is 3.18. The summed E-state index contributed by atoms with van der Waals surface area (Å²) in [6.07, 6.45) is 0. The largest absolute Gasteiger partial charge is 1.00 e. The van der Waals surface area contributed by atoms with Crippen LogP contribution in [0.2, 0.25) is 0 Å². The summed E-state index contributed by atoms with van der Waals surface area (Å²) in [5.74, 6) is 1.37. The number of hydrogen-bond donors (Lipinski definition) is 1. The first kappa shape index (κ1) is 17.8. The first-order chi connectivity index (χ1) is 9.43. The van der Waals surface area contributed by atoms with Crippen LogP contribution in [0.3, 0.4) is 0 Å². The molecule has 6 heteroatoms. The maximum absolute atomic E-state index is 12.3. The summed E-state index contributed by atoms with van der Waals surface area (Å²) < 4.78 is 1.93. The van der Waals surface area contributed by atoms with Gasteiger partial charge in [0.1, 0.15) is 0 Å². The predicted molar refractivity (Wildman–Crippen MR) is 83.4 cm³/mol. The molecular weight excluding hydrogens is 309 g/mol. The molecule has 0 aliphatic carbocycles. The first-order valence-corrected chi connectivity index (χ1v) is 7.25. The molecular formula is C15H20Cl2N3O-. The molecule has 1 aromatic heterocycles. The van der Waals surface area contributed by atoms with Gasteiger partial charge >= 0.3 is 0 Å². The minimum absolute atomic E-state index is 0. The number of carbonyl (C=O) groups excluding carboxylic acids is 1. The second kappa shape index (κ2) is 7.14. The first-order valence-electron chi connectivity index (χ1n) is 6.72. The molecule has 1 aromatic carbocycles. The van der Waals surface area contributed by atoms with E-state index in [9.17, 15) is 4.79 Å². The van der Waals surface area contributed by atoms with Crippen LogP contribution >= 0.6 is 11.6 Å². The van der Waals surface area contributed by atoms with Gasteiger partial charge in [-0.05, 0) is 12.1 Å². The van der Waals surface area contributed by atoms with E-state index in [1.54, 1.807) is 0 Å². The molecule has 0 aliphatic rings. The number of Topliss-reactive ketones (excluding diaryl/α,β-unsaturated/α-hetero) is 1. The molecule has 0 atom stereocenters. The summed E-state index contributed by atoms with van der Waals surface area (Å²) in [6, 6.07) is 7.81. The highest BCUT2D eigenvalue weighted by molar-refractivity contribution is 6.18. The number of nitrogens with zero attached hydrogens (tertiary/aromatic N) is 2. The Labute approximate surface area is 136 Å². The fourth-order valence-corrected chi connectivity index (χ4v) is 2.00. The Morgan fingerprint density at radius 2 is 2.00 bits per heavy atom. The average molecular weight is 329 g/mol. The van der Waals surface area contributed by atoms with Crippen LogP contribution in [-0.2, 0) is 11.3 Å². The highest BCUT2D eigenvalue weighted by Crippen LogP contribution is 2.22. The van der Waals surface area contributed by atoms with E-state index < -0.39 is 0 Å². The predicted octanol–water partition coefficient (Wildman–Crippen LogP) is 0.306. The number of alkyl halides is 1. The van der Waals surface area contributed by atoms with Crippen LogP contribution in [0, 0.1) is 5.41 Å². The van der Waals surface area contributed by atoms with E-state index in [4.69, 9.17) is 11.6 Å². The minimum Gasteiger partial charge on any atom is -1.00 e. The number of carbonyl (C=O) groups is 1. The minimum atomic E-state index is -0.366. The van der Waals surface area contributed by atoms with Gasteiger partial charge in [0.15, 0.2) is 5.78 Å². The van der Waals surface area contributed by atoms with Crippen LogP contribution in [0.1, 0.15) is 20.8 Å². The molecule has 4 nitrogen and oxygen atoms in total. The molecule has 0 amide bonds. The van der Waals surface area contributed by atoms with Crippen molar-refractivity contribution in [3.63, 3.8) is 0 Å². The van der Waals surface area contributed by atoms with Crippen LogP contribution in [0.25, 0.3) is 11.0 Å². The Balaban J connectivity index is 0.00000220. The lowest BCUT2D eigenvalue weighted by Gasteiger charge is -2.18. The van der Waals surface area contributed by atoms with Crippen molar-refractivity contribution < 1.29 is 17.2 Å². The number of anilines is 1. The van der Waals surface area contributed by atoms with E-state index in [1.807, 2.05) is 49.6 Å². The maximum atomic E-state index is 12.3. The number of imidazole rings is 1. The molecule has 2 rings (SSSR count). The molecule has 0 fully saturated rings. The average Bonchev–Trinajstić information content (AvgIpc) is 2.73. The van der Waals surface area contributed by atoms with Crippen LogP contribution in [0.5, 0.6) is 0 Å². The standard InChI is InChI=1S/C15H20ClN3O.ClH/c1-15(2,3)13(20)10-19-12-7-5-4-6-11(12)18-14(19)17-9-8-16;/h4-7H,8-10H2,1-3H3,(H,17,18);1H/p-1. The van der Waals surface area contributed by atoms with Crippen molar-refractivity contribution in [1.29, 1.82) is 0 Å². The molecule has 0 aliphatic heterocycles. The summed E-state index contributed by atoms with van der Waals surface area (Å²) in [6.45, 7) is 6.73. The Morgan fingerprint density at radius 3 is 2.62 bits per heavy atom.